The van der Waals surface area contributed by atoms with Gasteiger partial charge in [-0.15, -0.1) is 24.8 Å². The summed E-state index contributed by atoms with van der Waals surface area (Å²) in [6.45, 7) is 9.66. The first-order valence-corrected chi connectivity index (χ1v) is 45.4. The van der Waals surface area contributed by atoms with Crippen LogP contribution in [0.15, 0.2) is 200 Å². The number of carbonyl (C=O) groups is 1. The summed E-state index contributed by atoms with van der Waals surface area (Å²) in [5.41, 5.74) is 33.3. The Bertz CT molecular complexity index is 4610. The van der Waals surface area contributed by atoms with E-state index in [9.17, 15) is 75.6 Å². The second-order valence-electron chi connectivity index (χ2n) is 19.9. The molecule has 0 aliphatic carbocycles. The van der Waals surface area contributed by atoms with Gasteiger partial charge in [-0.05, 0) is 103 Å². The molecule has 4 radical (unpaired) electrons. The number of aromatic nitrogens is 3. The smallest absolute Gasteiger partial charge is 0 e. The maximum absolute atomic E-state index is 10.7. The van der Waals surface area contributed by atoms with Crippen molar-refractivity contribution in [1.82, 2.24) is 15.0 Å². The number of non-ortho nitro benzene ring substituents is 7. The van der Waals surface area contributed by atoms with E-state index < -0.39 is 75.6 Å². The number of carbonyl (C=O) groups excluding carboxylic acids is 1. The molecule has 0 spiro atoms. The molecule has 0 bridgehead atoms. The molecule has 0 fully saturated rings. The van der Waals surface area contributed by atoms with Gasteiger partial charge in [-0.1, -0.05) is 56.3 Å². The van der Waals surface area contributed by atoms with E-state index in [0.717, 1.165) is 51.5 Å². The second kappa shape index (κ2) is 59.5. The SMILES string of the molecule is CC/C=N/Nc1cccc([N+](=O)[O-])c1.CCC=O.Cc1c[nH]c2cc(N)ccc12.Cc1c[nH]c2cc([N+](=O)[O-])ccc12.Cc1c[nH]c2cccc([N+](=O)[O-])c12.Cl.Cl.NNc1cccc([N+](=O)[O-])c1.NNc1cccc([N+](=O)[O-])c1.Nc1cccc([N+](=O)[O-])c1.Nc1cccc([N+](=O)[O-])c1.O=[P+]([O-])OO.[Cl][Sn][Cl].[Cl][Sn][Cl].[HH]. The van der Waals surface area contributed by atoms with Crippen molar-refractivity contribution in [2.45, 2.75) is 47.5 Å². The number of anilines is 6. The van der Waals surface area contributed by atoms with Crippen molar-refractivity contribution in [2.24, 2.45) is 16.8 Å². The molecule has 8 aromatic carbocycles. The van der Waals surface area contributed by atoms with Gasteiger partial charge in [0.1, 0.15) is 6.29 Å². The van der Waals surface area contributed by atoms with Crippen molar-refractivity contribution in [3.63, 3.8) is 0 Å². The molecule has 0 aliphatic rings. The van der Waals surface area contributed by atoms with Crippen LogP contribution in [0.25, 0.3) is 32.7 Å². The van der Waals surface area contributed by atoms with Crippen LogP contribution in [0.1, 0.15) is 44.8 Å². The Kier molecular flexibility index (Phi) is 56.1. The number of H-pyrrole nitrogens is 3. The number of hydrogen-bond acceptors (Lipinski definition) is 28. The number of rotatable bonds is 14. The molecule has 0 aliphatic heterocycles. The number of nitrogens with one attached hydrogen (secondary N) is 6. The monoisotopic (exact) mass is 1880 g/mol. The van der Waals surface area contributed by atoms with Crippen LogP contribution >= 0.6 is 68.8 Å². The average Bonchev–Trinajstić information content (AvgIpc) is 1.69. The Morgan fingerprint density at radius 3 is 1.15 bits per heavy atom. The number of benzene rings is 8. The van der Waals surface area contributed by atoms with Gasteiger partial charge in [0.05, 0.1) is 67.9 Å². The van der Waals surface area contributed by atoms with Crippen LogP contribution in [0.2, 0.25) is 0 Å². The zero-order chi connectivity index (χ0) is 81.8. The largest absolute Gasteiger partial charge is 0 e. The fraction of sp³-hybridized carbons (Fsp3) is 0.111. The molecule has 11 aromatic rings. The van der Waals surface area contributed by atoms with Crippen molar-refractivity contribution in [3.05, 3.63) is 282 Å². The normalized spacial score (nSPS) is 9.45. The Morgan fingerprint density at radius 2 is 0.800 bits per heavy atom. The number of nitrogens with zero attached hydrogens (tertiary/aromatic N) is 8. The van der Waals surface area contributed by atoms with Crippen LogP contribution < -0.4 is 50.1 Å². The van der Waals surface area contributed by atoms with Gasteiger partial charge < -0.3 is 52.7 Å². The molecule has 110 heavy (non-hydrogen) atoms. The van der Waals surface area contributed by atoms with Gasteiger partial charge in [-0.25, -0.2) is 5.26 Å². The van der Waals surface area contributed by atoms with Gasteiger partial charge in [0.2, 0.25) is 0 Å². The van der Waals surface area contributed by atoms with Crippen LogP contribution in [-0.2, 0) is 14.0 Å². The van der Waals surface area contributed by atoms with Gasteiger partial charge in [0.25, 0.3) is 39.8 Å². The number of fused-ring (bicyclic) bond motifs is 3. The summed E-state index contributed by atoms with van der Waals surface area (Å²) in [5, 5.41) is 86.0. The fourth-order valence-electron chi connectivity index (χ4n) is 7.74. The molecule has 17 N–H and O–H groups in total. The molecular weight excluding hydrogens is 1810 g/mol. The molecule has 38 nitrogen and oxygen atoms in total. The van der Waals surface area contributed by atoms with Crippen LogP contribution in [0.5, 0.6) is 0 Å². The molecule has 1 unspecified atom stereocenters. The van der Waals surface area contributed by atoms with Crippen molar-refractivity contribution >= 4 is 226 Å². The van der Waals surface area contributed by atoms with Crippen LogP contribution in [0.3, 0.4) is 0 Å². The average molecular weight is 1880 g/mol. The number of hydrazine groups is 2. The minimum Gasteiger partial charge on any atom is 0 e. The maximum Gasteiger partial charge on any atom is 0 e. The first kappa shape index (κ1) is 104. The Hall–Kier alpha value is -10.4. The quantitative estimate of drug-likeness (QED) is 0.00554. The number of aldehydes is 1. The molecule has 0 saturated carbocycles. The van der Waals surface area contributed by atoms with E-state index in [1.54, 1.807) is 91.3 Å². The number of nitrogens with two attached hydrogens (primary N) is 5. The predicted molar refractivity (Wildman–Crippen MR) is 438 cm³/mol. The minimum atomic E-state index is -3.04. The molecule has 3 heterocycles. The molecule has 0 amide bonds. The van der Waals surface area contributed by atoms with Crippen LogP contribution in [0, 0.1) is 91.6 Å². The standard InChI is InChI=1S/C9H11N3O2.2C9H8N2O2.C9H10N2.2C6H7N3O2.2C6H6N2O2.C3H6O.6ClH.HO4P.2Sn.H2/c1-2-6-10-11-8-4-3-5-9(7-8)12(13)14;1-6-5-10-9-4-7(11(12)13)2-3-8(6)9;1-6-5-10-7-3-2-4-8(9(6)7)11(12)13;1-6-5-11-9-4-7(10)2-3-8(6)9;2*7-8-5-2-1-3-6(4-5)9(10)11;2*7-5-2-1-3-6(4-5)8(9)10;1-2-3-4;;;;;;;1-4-5(2)3;;;/h3-7,11H,2H2,1H3;2*2-5,10H,1H3;2-5,11H,10H2,1H3;2*1-4,8H,7H2;2*1-4H,7H2;3H,2H2,1H3;6*1H;1H;;;1H/q;;;;;;;;;;;;;;;;2*+2;/p-4/b10-6+;;;;;;;;;;;;;;;;;;. The zero-order valence-corrected chi connectivity index (χ0v) is 69.3. The van der Waals surface area contributed by atoms with Crippen LogP contribution in [-0.4, -0.2) is 105 Å². The van der Waals surface area contributed by atoms with Crippen molar-refractivity contribution in [3.8, 4) is 0 Å². The molecule has 11 rings (SSSR count). The summed E-state index contributed by atoms with van der Waals surface area (Å²) in [4.78, 5) is 96.3. The third kappa shape index (κ3) is 42.3. The van der Waals surface area contributed by atoms with Crippen molar-refractivity contribution in [2.75, 3.05) is 33.5 Å². The van der Waals surface area contributed by atoms with E-state index in [1.165, 1.54) is 83.7 Å². The van der Waals surface area contributed by atoms with Crippen molar-refractivity contribution < 1.29 is 60.1 Å². The Labute approximate surface area is 675 Å². The van der Waals surface area contributed by atoms with Gasteiger partial charge in [0, 0.05) is 150 Å². The van der Waals surface area contributed by atoms with E-state index in [0.29, 0.717) is 40.2 Å². The van der Waals surface area contributed by atoms with E-state index in [1.807, 2.05) is 64.4 Å². The van der Waals surface area contributed by atoms with E-state index in [4.69, 9.17) is 79.3 Å². The number of aromatic amines is 3. The van der Waals surface area contributed by atoms with Gasteiger partial charge in [-0.2, -0.15) is 5.10 Å². The Balaban J connectivity index is -0.000000573. The second-order valence-corrected chi connectivity index (χ2v) is 29.0. The van der Waals surface area contributed by atoms with Gasteiger partial charge in [0.15, 0.2) is 0 Å². The minimum absolute atomic E-state index is 0. The fourth-order valence-corrected chi connectivity index (χ4v) is 7.74. The van der Waals surface area contributed by atoms with E-state index in [2.05, 4.69) is 47.9 Å². The van der Waals surface area contributed by atoms with Crippen LogP contribution in [0.4, 0.5) is 73.9 Å². The Morgan fingerprint density at radius 1 is 0.482 bits per heavy atom. The number of aryl methyl sites for hydroxylation is 3. The molecule has 1 atom stereocenters. The number of hydrazone groups is 1. The molecule has 0 saturated heterocycles. The molecule has 47 heteroatoms. The maximum atomic E-state index is 10.7. The summed E-state index contributed by atoms with van der Waals surface area (Å²) in [6, 6.07) is 45.7. The zero-order valence-electron chi connectivity index (χ0n) is 58.1. The number of nitrogen functional groups attached to an aromatic ring is 5. The third-order valence-electron chi connectivity index (χ3n) is 12.4. The van der Waals surface area contributed by atoms with Crippen molar-refractivity contribution in [1.29, 1.82) is 0 Å². The number of nitro benzene ring substituents is 7. The summed E-state index contributed by atoms with van der Waals surface area (Å²) in [5.74, 6) is 10.1. The molecule has 3 aromatic heterocycles. The molecular formula is C63H74Cl6N19O19PSn2. The first-order valence-electron chi connectivity index (χ1n) is 29.8. The third-order valence-corrected chi connectivity index (χ3v) is 12.6. The van der Waals surface area contributed by atoms with Gasteiger partial charge >= 0.3 is 81.7 Å². The van der Waals surface area contributed by atoms with E-state index in [-0.39, 0.29) is 71.0 Å². The predicted octanol–water partition coefficient (Wildman–Crippen LogP) is 16.5. The number of halogens is 6. The summed E-state index contributed by atoms with van der Waals surface area (Å²) in [7, 11) is 16.7. The first-order chi connectivity index (χ1) is 51.3. The summed E-state index contributed by atoms with van der Waals surface area (Å²) >= 11 is -1.65. The molecule has 590 valence electrons. The van der Waals surface area contributed by atoms with E-state index >= 15 is 0 Å². The number of hydrogen-bond donors (Lipinski definition) is 12. The summed E-state index contributed by atoms with van der Waals surface area (Å²) < 4.78 is 11.6. The number of nitro groups is 7. The summed E-state index contributed by atoms with van der Waals surface area (Å²) in [6.07, 6.45) is 9.64. The van der Waals surface area contributed by atoms with Gasteiger partial charge in [-0.3, -0.25) is 87.9 Å². The topological polar surface area (TPSA) is 615 Å².